The summed E-state index contributed by atoms with van der Waals surface area (Å²) in [6.07, 6.45) is 4.13. The number of carbonyl (C=O) groups is 7. The largest absolute Gasteiger partial charge is 0.496 e. The fraction of sp³-hybridized carbons (Fsp3) is 0.263. The van der Waals surface area contributed by atoms with E-state index in [-0.39, 0.29) is 86.9 Å². The Kier molecular flexibility index (Phi) is 32.1. The summed E-state index contributed by atoms with van der Waals surface area (Å²) < 4.78 is 64.7. The molecule has 0 bridgehead atoms. The maximum absolute atomic E-state index is 13.5. The zero-order chi connectivity index (χ0) is 91.6. The molecule has 34 heteroatoms. The SMILES string of the molecule is CC(=O)c1nnc(Nc2ccc(C(=O)N(C)C)c(C)c2)cc1NCc1cccc(F)c1.CC(=O)c1nnc(Nc2ccc(C(=O)N3CCCC3)c(C)c2)cc1NCc1cccc(F)c1.CC(=O)c1nnc(Nc2cccc(N3CCOCC3)n2)cc1NCc1cccc(F)c1.COc1cc(Nc2cc(NCc3cccc(F)c3)c(C(C)=O)nn2)ccc1C(=O)N1CCCC1. The van der Waals surface area contributed by atoms with Crippen LogP contribution in [0.15, 0.2) is 194 Å². The van der Waals surface area contributed by atoms with E-state index in [1.54, 1.807) is 117 Å². The summed E-state index contributed by atoms with van der Waals surface area (Å²) in [5.74, 6) is 1.37. The third kappa shape index (κ3) is 26.2. The lowest BCUT2D eigenvalue weighted by atomic mass is 10.1. The number of Topliss-reactive ketones (excluding diaryl/α,β-unsaturated/α-hetero) is 4. The Hall–Kier alpha value is -15.2. The first-order chi connectivity index (χ1) is 62.2. The minimum atomic E-state index is -0.332. The smallest absolute Gasteiger partial charge is 0.257 e. The molecule has 0 atom stereocenters. The number of hydrogen-bond acceptors (Lipinski definition) is 27. The average molecular weight is 1750 g/mol. The fourth-order valence-corrected chi connectivity index (χ4v) is 14.1. The quantitative estimate of drug-likeness (QED) is 0.0159. The molecule has 12 aromatic rings. The second-order valence-electron chi connectivity index (χ2n) is 30.8. The number of rotatable bonds is 29. The number of ketones is 4. The number of carbonyl (C=O) groups excluding carboxylic acids is 7. The van der Waals surface area contributed by atoms with Gasteiger partial charge in [0.15, 0.2) is 69.2 Å². The van der Waals surface area contributed by atoms with E-state index in [1.807, 2.05) is 66.1 Å². The van der Waals surface area contributed by atoms with E-state index in [2.05, 4.69) is 93.2 Å². The lowest BCUT2D eigenvalue weighted by molar-refractivity contribution is 0.0783. The first-order valence-electron chi connectivity index (χ1n) is 41.7. The average Bonchev–Trinajstić information content (AvgIpc) is 1.71. The Balaban J connectivity index is 0.000000156. The molecule has 3 amide bonds. The van der Waals surface area contributed by atoms with Gasteiger partial charge in [-0.1, -0.05) is 54.6 Å². The van der Waals surface area contributed by atoms with Crippen LogP contribution in [0.5, 0.6) is 5.75 Å². The molecule has 7 aromatic carbocycles. The molecule has 0 saturated carbocycles. The van der Waals surface area contributed by atoms with Crippen LogP contribution in [0.1, 0.15) is 160 Å². The van der Waals surface area contributed by atoms with E-state index in [1.165, 1.54) is 88.2 Å². The Morgan fingerprint density at radius 1 is 0.380 bits per heavy atom. The number of aryl methyl sites for hydroxylation is 2. The van der Waals surface area contributed by atoms with Crippen LogP contribution in [0.25, 0.3) is 0 Å². The number of nitrogens with one attached hydrogen (secondary N) is 8. The Bertz CT molecular complexity index is 6050. The van der Waals surface area contributed by atoms with Gasteiger partial charge >= 0.3 is 0 Å². The van der Waals surface area contributed by atoms with Gasteiger partial charge in [0, 0.05) is 166 Å². The summed E-state index contributed by atoms with van der Waals surface area (Å²) in [6, 6.07) is 53.5. The number of ether oxygens (including phenoxy) is 2. The minimum absolute atomic E-state index is 0.0460. The van der Waals surface area contributed by atoms with Crippen LogP contribution in [-0.4, -0.2) is 175 Å². The van der Waals surface area contributed by atoms with Crippen molar-refractivity contribution in [2.24, 2.45) is 0 Å². The molecule has 3 fully saturated rings. The summed E-state index contributed by atoms with van der Waals surface area (Å²) in [7, 11) is 4.94. The number of morpholine rings is 1. The normalized spacial score (nSPS) is 12.6. The number of anilines is 13. The monoisotopic (exact) mass is 1750 g/mol. The number of benzene rings is 7. The zero-order valence-corrected chi connectivity index (χ0v) is 72.8. The number of methoxy groups -OCH3 is 1. The van der Waals surface area contributed by atoms with Crippen molar-refractivity contribution in [3.63, 3.8) is 0 Å². The van der Waals surface area contributed by atoms with Gasteiger partial charge in [0.2, 0.25) is 0 Å². The van der Waals surface area contributed by atoms with Gasteiger partial charge in [-0.3, -0.25) is 33.6 Å². The van der Waals surface area contributed by atoms with Crippen LogP contribution >= 0.6 is 0 Å². The first-order valence-corrected chi connectivity index (χ1v) is 41.7. The predicted molar refractivity (Wildman–Crippen MR) is 487 cm³/mol. The van der Waals surface area contributed by atoms with E-state index in [0.29, 0.717) is 119 Å². The van der Waals surface area contributed by atoms with E-state index in [4.69, 9.17) is 9.47 Å². The topological polar surface area (TPSA) is 363 Å². The third-order valence-corrected chi connectivity index (χ3v) is 20.7. The molecule has 5 aromatic heterocycles. The molecule has 0 spiro atoms. The van der Waals surface area contributed by atoms with Crippen molar-refractivity contribution in [3.8, 4) is 5.75 Å². The Morgan fingerprint density at radius 3 is 1.05 bits per heavy atom. The zero-order valence-electron chi connectivity index (χ0n) is 72.8. The molecule has 8 N–H and O–H groups in total. The molecule has 666 valence electrons. The highest BCUT2D eigenvalue weighted by Gasteiger charge is 2.26. The van der Waals surface area contributed by atoms with Crippen molar-refractivity contribution in [1.29, 1.82) is 0 Å². The number of likely N-dealkylation sites (tertiary alicyclic amines) is 2. The summed E-state index contributed by atoms with van der Waals surface area (Å²) in [5, 5.41) is 57.8. The van der Waals surface area contributed by atoms with Gasteiger partial charge in [-0.15, -0.1) is 40.8 Å². The van der Waals surface area contributed by atoms with Crippen molar-refractivity contribution in [3.05, 3.63) is 290 Å². The molecule has 3 saturated heterocycles. The van der Waals surface area contributed by atoms with Gasteiger partial charge in [-0.25, -0.2) is 22.5 Å². The molecule has 0 aliphatic carbocycles. The van der Waals surface area contributed by atoms with Crippen molar-refractivity contribution in [2.45, 2.75) is 93.4 Å². The molecular weight excluding hydrogens is 1660 g/mol. The van der Waals surface area contributed by atoms with E-state index in [9.17, 15) is 51.1 Å². The number of pyridine rings is 1. The molecule has 0 radical (unpaired) electrons. The van der Waals surface area contributed by atoms with Crippen molar-refractivity contribution >= 4 is 116 Å². The highest BCUT2D eigenvalue weighted by molar-refractivity contribution is 6.01. The number of amides is 3. The lowest BCUT2D eigenvalue weighted by Crippen LogP contribution is -2.36. The van der Waals surface area contributed by atoms with Gasteiger partial charge in [-0.2, -0.15) is 0 Å². The Morgan fingerprint density at radius 2 is 0.713 bits per heavy atom. The summed E-state index contributed by atoms with van der Waals surface area (Å²) >= 11 is 0. The fourth-order valence-electron chi connectivity index (χ4n) is 14.1. The van der Waals surface area contributed by atoms with Gasteiger partial charge in [0.05, 0.1) is 48.6 Å². The molecule has 8 heterocycles. The van der Waals surface area contributed by atoms with Crippen LogP contribution in [0.2, 0.25) is 0 Å². The lowest BCUT2D eigenvalue weighted by Gasteiger charge is -2.28. The summed E-state index contributed by atoms with van der Waals surface area (Å²) in [6.45, 7) is 16.8. The molecule has 3 aliphatic heterocycles. The second kappa shape index (κ2) is 44.6. The van der Waals surface area contributed by atoms with Crippen LogP contribution in [-0.2, 0) is 30.9 Å². The highest BCUT2D eigenvalue weighted by atomic mass is 19.1. The molecular formula is C95H99F4N21O9. The predicted octanol–water partition coefficient (Wildman–Crippen LogP) is 16.7. The molecule has 15 rings (SSSR count). The molecule has 129 heavy (non-hydrogen) atoms. The molecule has 3 aliphatic rings. The van der Waals surface area contributed by atoms with E-state index >= 15 is 0 Å². The molecule has 30 nitrogen and oxygen atoms in total. The van der Waals surface area contributed by atoms with Crippen LogP contribution in [0.4, 0.5) is 92.3 Å². The summed E-state index contributed by atoms with van der Waals surface area (Å²) in [4.78, 5) is 97.7. The van der Waals surface area contributed by atoms with Crippen molar-refractivity contribution < 1.29 is 60.6 Å². The summed E-state index contributed by atoms with van der Waals surface area (Å²) in [5.41, 5.74) is 11.4. The highest BCUT2D eigenvalue weighted by Crippen LogP contribution is 2.32. The standard InChI is InChI=1S/C25H26FN5O3.C25H26FN5O2.C23H24FN5O2.C22H23FN6O2/c1-16(32)24-21(27-15-17-6-5-7-18(26)12-17)14-23(29-30-24)28-19-8-9-20(22(13-19)34-2)25(33)31-10-3-4-11-31;1-16-12-20(8-9-21(16)25(33)31-10-3-4-11-31)28-23-14-22(24(17(2)32)30-29-23)27-15-18-6-5-7-19(26)13-18;1-14-10-18(8-9-19(14)23(31)29(3)4)26-21-12-20(22(15(2)30)28-27-21)25-13-16-6-5-7-17(24)11-16;1-15(30)22-18(24-14-16-4-2-5-17(23)12-16)13-20(27-28-22)25-19-6-3-7-21(26-19)29-8-10-31-11-9-29/h5-9,12-14H,3-4,10-11,15H2,1-2H3,(H2,27,28,29);5-9,12-14H,3-4,10-11,15H2,1-2H3,(H2,27,28,29);5-12H,13H2,1-4H3,(H2,25,26,27);2-7,12-13H,8-11,14H2,1H3,(H2,24,25,26,27). The van der Waals surface area contributed by atoms with Crippen LogP contribution < -0.4 is 52.2 Å². The number of halogens is 4. The number of nitrogens with zero attached hydrogens (tertiary/aromatic N) is 13. The van der Waals surface area contributed by atoms with Gasteiger partial charge in [0.25, 0.3) is 17.7 Å². The van der Waals surface area contributed by atoms with Crippen molar-refractivity contribution in [2.75, 3.05) is 121 Å². The van der Waals surface area contributed by atoms with Crippen LogP contribution in [0, 0.1) is 37.1 Å². The minimum Gasteiger partial charge on any atom is -0.496 e. The maximum Gasteiger partial charge on any atom is 0.257 e. The number of hydrogen-bond donors (Lipinski definition) is 8. The van der Waals surface area contributed by atoms with Gasteiger partial charge in [-0.05, 0) is 182 Å². The Labute approximate surface area is 743 Å². The molecule has 0 unspecified atom stereocenters. The maximum atomic E-state index is 13.5. The third-order valence-electron chi connectivity index (χ3n) is 20.7. The van der Waals surface area contributed by atoms with Gasteiger partial charge in [0.1, 0.15) is 40.7 Å². The second-order valence-corrected chi connectivity index (χ2v) is 30.8. The van der Waals surface area contributed by atoms with Gasteiger partial charge < -0.3 is 71.6 Å². The first kappa shape index (κ1) is 92.9. The van der Waals surface area contributed by atoms with E-state index < -0.39 is 0 Å². The number of aromatic nitrogens is 9. The van der Waals surface area contributed by atoms with E-state index in [0.717, 1.165) is 116 Å². The van der Waals surface area contributed by atoms with Crippen LogP contribution in [0.3, 0.4) is 0 Å². The van der Waals surface area contributed by atoms with Crippen molar-refractivity contribution in [1.82, 2.24) is 60.5 Å².